The highest BCUT2D eigenvalue weighted by molar-refractivity contribution is 5.69. The number of aliphatic hydroxyl groups is 1. The topological polar surface area (TPSA) is 55.8 Å². The van der Waals surface area contributed by atoms with Gasteiger partial charge >= 0.3 is 5.97 Å². The molecule has 0 spiro atoms. The Morgan fingerprint density at radius 1 is 0.333 bits per heavy atom. The van der Waals surface area contributed by atoms with Crippen molar-refractivity contribution >= 4 is 5.97 Å². The highest BCUT2D eigenvalue weighted by Gasteiger charge is 2.13. The van der Waals surface area contributed by atoms with Gasteiger partial charge in [-0.1, -0.05) is 309 Å². The van der Waals surface area contributed by atoms with Gasteiger partial charge in [0.1, 0.15) is 6.10 Å². The zero-order valence-corrected chi connectivity index (χ0v) is 41.5. The maximum absolute atomic E-state index is 12.3. The number of ether oxygens (including phenoxy) is 2. The zero-order valence-electron chi connectivity index (χ0n) is 41.5. The normalized spacial score (nSPS) is 12.1. The first kappa shape index (κ1) is 59.4. The minimum atomic E-state index is -0.527. The van der Waals surface area contributed by atoms with Crippen LogP contribution in [0.2, 0.25) is 0 Å². The Balaban J connectivity index is 3.31. The predicted molar refractivity (Wildman–Crippen MR) is 265 cm³/mol. The molecule has 1 N–H and O–H groups in total. The highest BCUT2D eigenvalue weighted by Crippen LogP contribution is 2.18. The first-order valence-electron chi connectivity index (χ1n) is 28.1. The molecular weight excluding hydrogens is 737 g/mol. The molecule has 0 saturated heterocycles. The summed E-state index contributed by atoms with van der Waals surface area (Å²) in [5, 5.41) is 9.67. The molecule has 4 nitrogen and oxygen atoms in total. The molecular formula is C56H112O4. The van der Waals surface area contributed by atoms with Crippen molar-refractivity contribution in [3.05, 3.63) is 0 Å². The zero-order chi connectivity index (χ0) is 43.3. The van der Waals surface area contributed by atoms with Crippen molar-refractivity contribution in [3.63, 3.8) is 0 Å². The Labute approximate surface area is 378 Å². The largest absolute Gasteiger partial charge is 0.457 e. The van der Waals surface area contributed by atoms with E-state index in [-0.39, 0.29) is 12.6 Å². The van der Waals surface area contributed by atoms with Crippen molar-refractivity contribution in [2.75, 3.05) is 19.8 Å². The second kappa shape index (κ2) is 54.5. The van der Waals surface area contributed by atoms with E-state index in [9.17, 15) is 9.90 Å². The maximum atomic E-state index is 12.3. The molecule has 0 aliphatic carbocycles. The average molecular weight is 850 g/mol. The van der Waals surface area contributed by atoms with Crippen molar-refractivity contribution in [3.8, 4) is 0 Å². The highest BCUT2D eigenvalue weighted by atomic mass is 16.6. The molecule has 1 unspecified atom stereocenters. The summed E-state index contributed by atoms with van der Waals surface area (Å²) in [5.41, 5.74) is 0. The minimum absolute atomic E-state index is 0.162. The van der Waals surface area contributed by atoms with Crippen LogP contribution in [0.4, 0.5) is 0 Å². The molecule has 0 saturated carbocycles. The SMILES string of the molecule is CCCCCCCCCCCCCCCCCCCCCCCCCCCC(=O)OC(CO)COCCCCCCCCCCCCCCCCCCCCCCCCC. The van der Waals surface area contributed by atoms with E-state index >= 15 is 0 Å². The lowest BCUT2D eigenvalue weighted by atomic mass is 10.0. The van der Waals surface area contributed by atoms with E-state index in [0.29, 0.717) is 19.6 Å². The maximum Gasteiger partial charge on any atom is 0.306 e. The number of hydrogen-bond acceptors (Lipinski definition) is 4. The Hall–Kier alpha value is -0.610. The first-order valence-corrected chi connectivity index (χ1v) is 28.1. The fraction of sp³-hybridized carbons (Fsp3) is 0.982. The van der Waals surface area contributed by atoms with Crippen LogP contribution in [0.5, 0.6) is 0 Å². The van der Waals surface area contributed by atoms with Crippen LogP contribution in [0, 0.1) is 0 Å². The van der Waals surface area contributed by atoms with E-state index in [1.807, 2.05) is 0 Å². The molecule has 360 valence electrons. The van der Waals surface area contributed by atoms with E-state index in [2.05, 4.69) is 13.8 Å². The summed E-state index contributed by atoms with van der Waals surface area (Å²) in [6.07, 6.45) is 66.5. The number of hydrogen-bond donors (Lipinski definition) is 1. The summed E-state index contributed by atoms with van der Waals surface area (Å²) in [6, 6.07) is 0. The third kappa shape index (κ3) is 51.7. The second-order valence-corrected chi connectivity index (χ2v) is 19.4. The number of carbonyl (C=O) groups is 1. The van der Waals surface area contributed by atoms with Gasteiger partial charge in [-0.2, -0.15) is 0 Å². The number of rotatable bonds is 54. The molecule has 0 amide bonds. The molecule has 0 fully saturated rings. The molecule has 0 heterocycles. The second-order valence-electron chi connectivity index (χ2n) is 19.4. The van der Waals surface area contributed by atoms with Gasteiger partial charge in [0.15, 0.2) is 0 Å². The van der Waals surface area contributed by atoms with Crippen molar-refractivity contribution in [2.45, 2.75) is 335 Å². The van der Waals surface area contributed by atoms with Gasteiger partial charge in [0.2, 0.25) is 0 Å². The van der Waals surface area contributed by atoms with Crippen LogP contribution in [0.1, 0.15) is 328 Å². The van der Waals surface area contributed by atoms with E-state index in [1.165, 1.54) is 289 Å². The molecule has 1 atom stereocenters. The third-order valence-corrected chi connectivity index (χ3v) is 13.2. The van der Waals surface area contributed by atoms with E-state index < -0.39 is 6.10 Å². The molecule has 60 heavy (non-hydrogen) atoms. The summed E-state index contributed by atoms with van der Waals surface area (Å²) in [7, 11) is 0. The van der Waals surface area contributed by atoms with Crippen molar-refractivity contribution in [2.24, 2.45) is 0 Å². The van der Waals surface area contributed by atoms with Crippen molar-refractivity contribution < 1.29 is 19.4 Å². The fourth-order valence-electron chi connectivity index (χ4n) is 8.98. The number of unbranched alkanes of at least 4 members (excludes halogenated alkanes) is 46. The minimum Gasteiger partial charge on any atom is -0.457 e. The molecule has 0 radical (unpaired) electrons. The van der Waals surface area contributed by atoms with Crippen LogP contribution in [0.25, 0.3) is 0 Å². The van der Waals surface area contributed by atoms with Gasteiger partial charge in [0, 0.05) is 13.0 Å². The van der Waals surface area contributed by atoms with E-state index in [1.54, 1.807) is 0 Å². The van der Waals surface area contributed by atoms with Gasteiger partial charge in [-0.25, -0.2) is 0 Å². The van der Waals surface area contributed by atoms with Gasteiger partial charge in [-0.05, 0) is 12.8 Å². The summed E-state index contributed by atoms with van der Waals surface area (Å²) >= 11 is 0. The summed E-state index contributed by atoms with van der Waals surface area (Å²) < 4.78 is 11.3. The molecule has 0 aromatic heterocycles. The van der Waals surface area contributed by atoms with Crippen molar-refractivity contribution in [1.29, 1.82) is 0 Å². The molecule has 0 aliphatic heterocycles. The molecule has 4 heteroatoms. The Morgan fingerprint density at radius 3 is 0.783 bits per heavy atom. The van der Waals surface area contributed by atoms with Crippen LogP contribution in [-0.4, -0.2) is 37.0 Å². The van der Waals surface area contributed by atoms with Gasteiger partial charge in [-0.3, -0.25) is 4.79 Å². The summed E-state index contributed by atoms with van der Waals surface area (Å²) in [6.45, 7) is 5.43. The van der Waals surface area contributed by atoms with Gasteiger partial charge in [0.25, 0.3) is 0 Å². The van der Waals surface area contributed by atoms with Crippen LogP contribution in [0.3, 0.4) is 0 Å². The Kier molecular flexibility index (Phi) is 54.0. The molecule has 0 aromatic rings. The average Bonchev–Trinajstić information content (AvgIpc) is 3.25. The molecule has 0 aliphatic rings. The third-order valence-electron chi connectivity index (χ3n) is 13.2. The van der Waals surface area contributed by atoms with Gasteiger partial charge in [-0.15, -0.1) is 0 Å². The molecule has 0 rings (SSSR count). The Morgan fingerprint density at radius 2 is 0.550 bits per heavy atom. The smallest absolute Gasteiger partial charge is 0.306 e. The fourth-order valence-corrected chi connectivity index (χ4v) is 8.98. The standard InChI is InChI=1S/C56H112O4/c1-3-5-7-9-11-13-15-17-19-21-23-25-27-28-29-31-33-35-37-39-41-43-45-47-49-51-56(58)60-55(53-57)54-59-52-50-48-46-44-42-40-38-36-34-32-30-26-24-22-20-18-16-14-12-10-8-6-4-2/h55,57H,3-54H2,1-2H3. The molecule has 0 aromatic carbocycles. The van der Waals surface area contributed by atoms with Crippen LogP contribution < -0.4 is 0 Å². The lowest BCUT2D eigenvalue weighted by Crippen LogP contribution is -2.27. The number of carbonyl (C=O) groups excluding carboxylic acids is 1. The first-order chi connectivity index (χ1) is 29.7. The van der Waals surface area contributed by atoms with Crippen LogP contribution >= 0.6 is 0 Å². The molecule has 0 bridgehead atoms. The lowest BCUT2D eigenvalue weighted by molar-refractivity contribution is -0.154. The van der Waals surface area contributed by atoms with Crippen LogP contribution in [0.15, 0.2) is 0 Å². The van der Waals surface area contributed by atoms with Gasteiger partial charge in [0.05, 0.1) is 13.2 Å². The van der Waals surface area contributed by atoms with E-state index in [0.717, 1.165) is 19.3 Å². The lowest BCUT2D eigenvalue weighted by Gasteiger charge is -2.16. The number of aliphatic hydroxyl groups excluding tert-OH is 1. The van der Waals surface area contributed by atoms with Gasteiger partial charge < -0.3 is 14.6 Å². The van der Waals surface area contributed by atoms with Crippen LogP contribution in [-0.2, 0) is 14.3 Å². The summed E-state index contributed by atoms with van der Waals surface area (Å²) in [5.74, 6) is -0.189. The van der Waals surface area contributed by atoms with E-state index in [4.69, 9.17) is 9.47 Å². The number of esters is 1. The van der Waals surface area contributed by atoms with Crippen molar-refractivity contribution in [1.82, 2.24) is 0 Å². The Bertz CT molecular complexity index is 770. The predicted octanol–water partition coefficient (Wildman–Crippen LogP) is 19.1. The quantitative estimate of drug-likeness (QED) is 0.0489. The summed E-state index contributed by atoms with van der Waals surface area (Å²) in [4.78, 5) is 12.3. The monoisotopic (exact) mass is 849 g/mol.